The summed E-state index contributed by atoms with van der Waals surface area (Å²) in [6, 6.07) is 12.9. The molecule has 1 N–H and O–H groups in total. The normalized spacial score (nSPS) is 16.2. The second-order valence-electron chi connectivity index (χ2n) is 8.65. The summed E-state index contributed by atoms with van der Waals surface area (Å²) in [6.45, 7) is 9.22. The molecule has 7 nitrogen and oxygen atoms in total. The van der Waals surface area contributed by atoms with E-state index < -0.39 is 6.04 Å². The van der Waals surface area contributed by atoms with Crippen LogP contribution in [0.25, 0.3) is 17.0 Å². The van der Waals surface area contributed by atoms with Crippen molar-refractivity contribution in [2.24, 2.45) is 5.92 Å². The predicted octanol–water partition coefficient (Wildman–Crippen LogP) is 5.82. The van der Waals surface area contributed by atoms with Crippen molar-refractivity contribution >= 4 is 11.6 Å². The number of benzene rings is 2. The minimum atomic E-state index is -0.472. The van der Waals surface area contributed by atoms with Crippen LogP contribution >= 0.6 is 0 Å². The topological polar surface area (TPSA) is 80.5 Å². The molecule has 1 aromatic heterocycles. The smallest absolute Gasteiger partial charge is 0.322 e. The number of carbonyl (C=O) groups is 1. The molecule has 0 saturated carbocycles. The van der Waals surface area contributed by atoms with Crippen molar-refractivity contribution in [3.8, 4) is 17.1 Å². The van der Waals surface area contributed by atoms with Crippen molar-refractivity contribution < 1.29 is 18.4 Å². The van der Waals surface area contributed by atoms with Gasteiger partial charge in [-0.3, -0.25) is 4.90 Å². The lowest BCUT2D eigenvalue weighted by Crippen LogP contribution is -2.46. The number of allylic oxidation sites excluding steroid dienone is 1. The Morgan fingerprint density at radius 1 is 1.15 bits per heavy atom. The first kappa shape index (κ1) is 23.5. The standard InChI is InChI=1S/C26H29FN4O3/c1-5-33-21-12-8-18(9-13-21)23-22(17(4)31(26(32)28-23)15-14-16(2)3)25-29-24(30-34-25)19-6-10-20(27)11-7-19/h6-13,16,23H,5,14-15H2,1-4H3,(H,28,32). The van der Waals surface area contributed by atoms with Gasteiger partial charge in [-0.15, -0.1) is 0 Å². The summed E-state index contributed by atoms with van der Waals surface area (Å²) < 4.78 is 24.6. The summed E-state index contributed by atoms with van der Waals surface area (Å²) in [6.07, 6.45) is 0.858. The molecule has 178 valence electrons. The molecule has 4 rings (SSSR count). The van der Waals surface area contributed by atoms with E-state index in [2.05, 4.69) is 29.3 Å². The van der Waals surface area contributed by atoms with E-state index in [0.29, 0.717) is 36.3 Å². The Hall–Kier alpha value is -3.68. The summed E-state index contributed by atoms with van der Waals surface area (Å²) in [7, 11) is 0. The van der Waals surface area contributed by atoms with Crippen LogP contribution in [0.1, 0.15) is 51.6 Å². The Balaban J connectivity index is 1.75. The molecule has 3 aromatic rings. The van der Waals surface area contributed by atoms with Crippen LogP contribution in [0.15, 0.2) is 58.8 Å². The van der Waals surface area contributed by atoms with E-state index in [1.54, 1.807) is 17.0 Å². The Labute approximate surface area is 198 Å². The number of urea groups is 1. The largest absolute Gasteiger partial charge is 0.494 e. The molecular weight excluding hydrogens is 435 g/mol. The minimum absolute atomic E-state index is 0.168. The van der Waals surface area contributed by atoms with Gasteiger partial charge in [-0.05, 0) is 68.1 Å². The number of nitrogens with one attached hydrogen (secondary N) is 1. The zero-order valence-corrected chi connectivity index (χ0v) is 19.8. The maximum absolute atomic E-state index is 13.3. The summed E-state index contributed by atoms with van der Waals surface area (Å²) in [5, 5.41) is 7.22. The first-order valence-corrected chi connectivity index (χ1v) is 11.5. The fourth-order valence-electron chi connectivity index (χ4n) is 3.94. The van der Waals surface area contributed by atoms with Gasteiger partial charge in [0.15, 0.2) is 0 Å². The molecule has 1 aliphatic rings. The number of hydrogen-bond donors (Lipinski definition) is 1. The first-order chi connectivity index (χ1) is 16.4. The Morgan fingerprint density at radius 2 is 1.85 bits per heavy atom. The average molecular weight is 465 g/mol. The number of nitrogens with zero attached hydrogens (tertiary/aromatic N) is 3. The molecule has 2 aromatic carbocycles. The van der Waals surface area contributed by atoms with E-state index in [0.717, 1.165) is 29.0 Å². The van der Waals surface area contributed by atoms with Crippen molar-refractivity contribution in [3.05, 3.63) is 71.5 Å². The number of amides is 2. The monoisotopic (exact) mass is 464 g/mol. The summed E-state index contributed by atoms with van der Waals surface area (Å²) in [5.74, 6) is 1.53. The number of hydrogen-bond acceptors (Lipinski definition) is 5. The van der Waals surface area contributed by atoms with E-state index >= 15 is 0 Å². The van der Waals surface area contributed by atoms with Gasteiger partial charge in [0, 0.05) is 17.8 Å². The van der Waals surface area contributed by atoms with E-state index in [4.69, 9.17) is 9.26 Å². The lowest BCUT2D eigenvalue weighted by atomic mass is 9.94. The predicted molar refractivity (Wildman–Crippen MR) is 127 cm³/mol. The SMILES string of the molecule is CCOc1ccc(C2NC(=O)N(CCC(C)C)C(C)=C2c2nc(-c3ccc(F)cc3)no2)cc1. The maximum Gasteiger partial charge on any atom is 0.322 e. The molecule has 0 bridgehead atoms. The van der Waals surface area contributed by atoms with Gasteiger partial charge in [0.1, 0.15) is 11.6 Å². The molecule has 8 heteroatoms. The molecule has 1 aliphatic heterocycles. The highest BCUT2D eigenvalue weighted by Crippen LogP contribution is 2.38. The van der Waals surface area contributed by atoms with Gasteiger partial charge >= 0.3 is 6.03 Å². The zero-order valence-electron chi connectivity index (χ0n) is 19.8. The summed E-state index contributed by atoms with van der Waals surface area (Å²) in [5.41, 5.74) is 3.01. The number of halogens is 1. The molecular formula is C26H29FN4O3. The van der Waals surface area contributed by atoms with Crippen LogP contribution in [0.2, 0.25) is 0 Å². The highest BCUT2D eigenvalue weighted by molar-refractivity contribution is 5.86. The molecule has 1 atom stereocenters. The van der Waals surface area contributed by atoms with E-state index in [-0.39, 0.29) is 11.8 Å². The highest BCUT2D eigenvalue weighted by Gasteiger charge is 2.35. The van der Waals surface area contributed by atoms with Crippen LogP contribution in [0.4, 0.5) is 9.18 Å². The number of carbonyl (C=O) groups excluding carboxylic acids is 1. The van der Waals surface area contributed by atoms with E-state index in [9.17, 15) is 9.18 Å². The van der Waals surface area contributed by atoms with Crippen molar-refractivity contribution in [2.75, 3.05) is 13.2 Å². The lowest BCUT2D eigenvalue weighted by Gasteiger charge is -2.35. The molecule has 0 aliphatic carbocycles. The molecule has 0 saturated heterocycles. The third kappa shape index (κ3) is 4.95. The molecule has 2 heterocycles. The third-order valence-electron chi connectivity index (χ3n) is 5.81. The van der Waals surface area contributed by atoms with Gasteiger partial charge in [-0.1, -0.05) is 31.1 Å². The third-order valence-corrected chi connectivity index (χ3v) is 5.81. The quantitative estimate of drug-likeness (QED) is 0.454. The second kappa shape index (κ2) is 10.1. The Bertz CT molecular complexity index is 1170. The fraction of sp³-hybridized carbons (Fsp3) is 0.346. The number of aromatic nitrogens is 2. The van der Waals surface area contributed by atoms with Crippen molar-refractivity contribution in [2.45, 2.75) is 40.2 Å². The van der Waals surface area contributed by atoms with Crippen LogP contribution in [0.5, 0.6) is 5.75 Å². The highest BCUT2D eigenvalue weighted by atomic mass is 19.1. The minimum Gasteiger partial charge on any atom is -0.494 e. The van der Waals surface area contributed by atoms with Crippen LogP contribution in [0.3, 0.4) is 0 Å². The molecule has 0 fully saturated rings. The van der Waals surface area contributed by atoms with Crippen LogP contribution in [0, 0.1) is 11.7 Å². The second-order valence-corrected chi connectivity index (χ2v) is 8.65. The van der Waals surface area contributed by atoms with Crippen molar-refractivity contribution in [1.82, 2.24) is 20.4 Å². The van der Waals surface area contributed by atoms with Gasteiger partial charge in [0.25, 0.3) is 5.89 Å². The van der Waals surface area contributed by atoms with Crippen molar-refractivity contribution in [3.63, 3.8) is 0 Å². The van der Waals surface area contributed by atoms with Gasteiger partial charge < -0.3 is 14.6 Å². The molecule has 34 heavy (non-hydrogen) atoms. The maximum atomic E-state index is 13.3. The van der Waals surface area contributed by atoms with Gasteiger partial charge in [-0.2, -0.15) is 4.98 Å². The Kier molecular flexibility index (Phi) is 6.95. The van der Waals surface area contributed by atoms with Gasteiger partial charge in [0.2, 0.25) is 5.82 Å². The van der Waals surface area contributed by atoms with Crippen molar-refractivity contribution in [1.29, 1.82) is 0 Å². The molecule has 1 unspecified atom stereocenters. The Morgan fingerprint density at radius 3 is 2.50 bits per heavy atom. The summed E-state index contributed by atoms with van der Waals surface area (Å²) >= 11 is 0. The molecule has 2 amide bonds. The van der Waals surface area contributed by atoms with Crippen LogP contribution in [-0.2, 0) is 0 Å². The number of rotatable bonds is 8. The zero-order chi connectivity index (χ0) is 24.2. The molecule has 0 spiro atoms. The number of ether oxygens (including phenoxy) is 1. The average Bonchev–Trinajstić information content (AvgIpc) is 3.29. The van der Waals surface area contributed by atoms with E-state index in [1.165, 1.54) is 12.1 Å². The first-order valence-electron chi connectivity index (χ1n) is 11.5. The fourth-order valence-corrected chi connectivity index (χ4v) is 3.94. The summed E-state index contributed by atoms with van der Waals surface area (Å²) in [4.78, 5) is 19.4. The van der Waals surface area contributed by atoms with Gasteiger partial charge in [-0.25, -0.2) is 9.18 Å². The lowest BCUT2D eigenvalue weighted by molar-refractivity contribution is 0.202. The van der Waals surface area contributed by atoms with Crippen LogP contribution in [-0.4, -0.2) is 34.2 Å². The van der Waals surface area contributed by atoms with Gasteiger partial charge in [0.05, 0.1) is 18.2 Å². The molecule has 0 radical (unpaired) electrons. The van der Waals surface area contributed by atoms with Crippen LogP contribution < -0.4 is 10.1 Å². The van der Waals surface area contributed by atoms with E-state index in [1.807, 2.05) is 38.1 Å².